The van der Waals surface area contributed by atoms with Gasteiger partial charge in [-0.3, -0.25) is 4.90 Å². The van der Waals surface area contributed by atoms with Gasteiger partial charge in [0.05, 0.1) is 0 Å². The van der Waals surface area contributed by atoms with E-state index in [4.69, 9.17) is 0 Å². The first kappa shape index (κ1) is 14.2. The van der Waals surface area contributed by atoms with Crippen molar-refractivity contribution >= 4 is 27.3 Å². The second kappa shape index (κ2) is 8.26. The van der Waals surface area contributed by atoms with E-state index in [1.54, 1.807) is 0 Å². The van der Waals surface area contributed by atoms with Gasteiger partial charge in [0.15, 0.2) is 0 Å². The number of hydrogen-bond acceptors (Lipinski definition) is 2. The maximum atomic E-state index is 3.52. The van der Waals surface area contributed by atoms with E-state index in [1.807, 2.05) is 11.3 Å². The second-order valence-corrected chi connectivity index (χ2v) is 6.13. The van der Waals surface area contributed by atoms with Crippen LogP contribution < -0.4 is 0 Å². The van der Waals surface area contributed by atoms with Crippen LogP contribution in [0.2, 0.25) is 0 Å². The fourth-order valence-electron chi connectivity index (χ4n) is 1.69. The number of hydrogen-bond donors (Lipinski definition) is 0. The lowest BCUT2D eigenvalue weighted by atomic mass is 10.2. The normalized spacial score (nSPS) is 11.2. The molecule has 0 aliphatic carbocycles. The van der Waals surface area contributed by atoms with Crippen LogP contribution in [0.1, 0.15) is 44.4 Å². The van der Waals surface area contributed by atoms with Crippen LogP contribution in [0, 0.1) is 0 Å². The van der Waals surface area contributed by atoms with Gasteiger partial charge in [-0.2, -0.15) is 0 Å². The largest absolute Gasteiger partial charge is 0.298 e. The van der Waals surface area contributed by atoms with Crippen molar-refractivity contribution < 1.29 is 0 Å². The van der Waals surface area contributed by atoms with E-state index in [0.717, 1.165) is 6.54 Å². The molecular weight excluding hydrogens is 282 g/mol. The van der Waals surface area contributed by atoms with E-state index in [-0.39, 0.29) is 0 Å². The summed E-state index contributed by atoms with van der Waals surface area (Å²) in [5, 5.41) is 2.17. The lowest BCUT2D eigenvalue weighted by Crippen LogP contribution is -2.25. The minimum absolute atomic E-state index is 1.12. The first-order valence-electron chi connectivity index (χ1n) is 6.21. The van der Waals surface area contributed by atoms with Crippen molar-refractivity contribution in [2.24, 2.45) is 0 Å². The third kappa shape index (κ3) is 5.46. The Labute approximate surface area is 112 Å². The van der Waals surface area contributed by atoms with Gasteiger partial charge in [0.1, 0.15) is 0 Å². The standard InChI is InChI=1S/C13H22BrNS/c1-3-5-7-15(8-6-4-2)10-13-9-12(14)11-16-13/h9,11H,3-8,10H2,1-2H3. The molecule has 1 nitrogen and oxygen atoms in total. The van der Waals surface area contributed by atoms with E-state index < -0.39 is 0 Å². The summed E-state index contributed by atoms with van der Waals surface area (Å²) >= 11 is 5.38. The summed E-state index contributed by atoms with van der Waals surface area (Å²) < 4.78 is 1.22. The van der Waals surface area contributed by atoms with Crippen molar-refractivity contribution in [1.29, 1.82) is 0 Å². The van der Waals surface area contributed by atoms with Crippen LogP contribution in [0.15, 0.2) is 15.9 Å². The Morgan fingerprint density at radius 2 is 1.81 bits per heavy atom. The molecule has 1 rings (SSSR count). The van der Waals surface area contributed by atoms with Crippen molar-refractivity contribution in [3.05, 3.63) is 20.8 Å². The highest BCUT2D eigenvalue weighted by atomic mass is 79.9. The molecule has 0 atom stereocenters. The molecule has 0 aliphatic rings. The second-order valence-electron chi connectivity index (χ2n) is 4.21. The Bertz CT molecular complexity index is 277. The molecule has 0 radical (unpaired) electrons. The minimum atomic E-state index is 1.12. The van der Waals surface area contributed by atoms with Gasteiger partial charge in [0.25, 0.3) is 0 Å². The quantitative estimate of drug-likeness (QED) is 0.659. The first-order chi connectivity index (χ1) is 7.76. The molecule has 1 aromatic heterocycles. The lowest BCUT2D eigenvalue weighted by molar-refractivity contribution is 0.259. The number of halogens is 1. The van der Waals surface area contributed by atoms with E-state index in [0.29, 0.717) is 0 Å². The predicted molar refractivity (Wildman–Crippen MR) is 77.1 cm³/mol. The average molecular weight is 304 g/mol. The highest BCUT2D eigenvalue weighted by Crippen LogP contribution is 2.21. The van der Waals surface area contributed by atoms with Crippen molar-refractivity contribution in [3.63, 3.8) is 0 Å². The number of thiophene rings is 1. The van der Waals surface area contributed by atoms with E-state index >= 15 is 0 Å². The molecule has 0 unspecified atom stereocenters. The Hall–Kier alpha value is 0.140. The molecule has 0 bridgehead atoms. The summed E-state index contributed by atoms with van der Waals surface area (Å²) in [5.74, 6) is 0. The van der Waals surface area contributed by atoms with Gasteiger partial charge in [-0.15, -0.1) is 11.3 Å². The molecule has 92 valence electrons. The van der Waals surface area contributed by atoms with Crippen LogP contribution in [-0.4, -0.2) is 18.0 Å². The van der Waals surface area contributed by atoms with Crippen LogP contribution in [0.3, 0.4) is 0 Å². The molecule has 0 fully saturated rings. The van der Waals surface area contributed by atoms with Gasteiger partial charge < -0.3 is 0 Å². The highest BCUT2D eigenvalue weighted by molar-refractivity contribution is 9.10. The van der Waals surface area contributed by atoms with Crippen LogP contribution in [0.4, 0.5) is 0 Å². The van der Waals surface area contributed by atoms with E-state index in [2.05, 4.69) is 46.1 Å². The third-order valence-corrected chi connectivity index (χ3v) is 4.34. The molecule has 0 amide bonds. The number of unbranched alkanes of at least 4 members (excludes halogenated alkanes) is 2. The SMILES string of the molecule is CCCCN(CCCC)Cc1cc(Br)cs1. The summed E-state index contributed by atoms with van der Waals surface area (Å²) in [6.07, 6.45) is 5.21. The van der Waals surface area contributed by atoms with Gasteiger partial charge in [0, 0.05) is 21.3 Å². The molecule has 1 heterocycles. The van der Waals surface area contributed by atoms with Crippen LogP contribution >= 0.6 is 27.3 Å². The van der Waals surface area contributed by atoms with Gasteiger partial charge in [-0.05, 0) is 47.9 Å². The topological polar surface area (TPSA) is 3.24 Å². The Balaban J connectivity index is 2.41. The molecule has 0 saturated carbocycles. The van der Waals surface area contributed by atoms with E-state index in [9.17, 15) is 0 Å². The minimum Gasteiger partial charge on any atom is -0.298 e. The smallest absolute Gasteiger partial charge is 0.0328 e. The highest BCUT2D eigenvalue weighted by Gasteiger charge is 2.06. The summed E-state index contributed by atoms with van der Waals surface area (Å²) in [6.45, 7) is 8.13. The van der Waals surface area contributed by atoms with Crippen LogP contribution in [0.5, 0.6) is 0 Å². The maximum Gasteiger partial charge on any atom is 0.0328 e. The Morgan fingerprint density at radius 1 is 1.19 bits per heavy atom. The predicted octanol–water partition coefficient (Wildman–Crippen LogP) is 4.91. The van der Waals surface area contributed by atoms with Gasteiger partial charge in [-0.1, -0.05) is 26.7 Å². The first-order valence-corrected chi connectivity index (χ1v) is 7.88. The van der Waals surface area contributed by atoms with Crippen molar-refractivity contribution in [1.82, 2.24) is 4.90 Å². The zero-order valence-corrected chi connectivity index (χ0v) is 12.7. The van der Waals surface area contributed by atoms with Gasteiger partial charge in [-0.25, -0.2) is 0 Å². The molecule has 0 aliphatic heterocycles. The van der Waals surface area contributed by atoms with Crippen molar-refractivity contribution in [2.45, 2.75) is 46.1 Å². The van der Waals surface area contributed by atoms with Gasteiger partial charge in [0.2, 0.25) is 0 Å². The maximum absolute atomic E-state index is 3.52. The fraction of sp³-hybridized carbons (Fsp3) is 0.692. The zero-order valence-electron chi connectivity index (χ0n) is 10.3. The molecule has 0 aromatic carbocycles. The molecule has 0 spiro atoms. The molecule has 3 heteroatoms. The van der Waals surface area contributed by atoms with Crippen molar-refractivity contribution in [2.75, 3.05) is 13.1 Å². The number of rotatable bonds is 8. The number of nitrogens with zero attached hydrogens (tertiary/aromatic N) is 1. The Morgan fingerprint density at radius 3 is 2.25 bits per heavy atom. The fourth-order valence-corrected chi connectivity index (χ4v) is 3.18. The molecular formula is C13H22BrNS. The monoisotopic (exact) mass is 303 g/mol. The summed E-state index contributed by atoms with van der Waals surface area (Å²) in [7, 11) is 0. The average Bonchev–Trinajstić information content (AvgIpc) is 2.68. The third-order valence-electron chi connectivity index (χ3n) is 2.66. The van der Waals surface area contributed by atoms with Crippen LogP contribution in [0.25, 0.3) is 0 Å². The molecule has 0 N–H and O–H groups in total. The lowest BCUT2D eigenvalue weighted by Gasteiger charge is -2.21. The van der Waals surface area contributed by atoms with Crippen LogP contribution in [-0.2, 0) is 6.54 Å². The van der Waals surface area contributed by atoms with Gasteiger partial charge >= 0.3 is 0 Å². The summed E-state index contributed by atoms with van der Waals surface area (Å²) in [5.41, 5.74) is 0. The molecule has 0 saturated heterocycles. The van der Waals surface area contributed by atoms with E-state index in [1.165, 1.54) is 48.1 Å². The summed E-state index contributed by atoms with van der Waals surface area (Å²) in [4.78, 5) is 4.06. The molecule has 1 aromatic rings. The zero-order chi connectivity index (χ0) is 11.8. The van der Waals surface area contributed by atoms with Crippen molar-refractivity contribution in [3.8, 4) is 0 Å². The Kier molecular flexibility index (Phi) is 7.33. The molecule has 16 heavy (non-hydrogen) atoms. The summed E-state index contributed by atoms with van der Waals surface area (Å²) in [6, 6.07) is 2.25.